The van der Waals surface area contributed by atoms with Crippen LogP contribution in [0.3, 0.4) is 0 Å². The van der Waals surface area contributed by atoms with Crippen LogP contribution in [0.25, 0.3) is 27.8 Å². The number of nitrogens with one attached hydrogen (secondary N) is 2. The predicted molar refractivity (Wildman–Crippen MR) is 151 cm³/mol. The summed E-state index contributed by atoms with van der Waals surface area (Å²) in [6.45, 7) is 0.630. The minimum absolute atomic E-state index is 0.125. The standard InChI is InChI=1S/C30H32N6O3/c1-38-22-13-21(14-23(16-22)39-2)30(37)33-17-18-7-9-19(10-8-18)29-35-26(27-28(31)32-11-12-36(27)29)25-15-20-5-3-4-6-24(20)34-25/h3-6,11-16,18-19,34H,7-10,17H2,1-2H3,(H2,31,32)(H,33,37). The minimum atomic E-state index is -0.125. The second-order valence-corrected chi connectivity index (χ2v) is 10.1. The average molecular weight is 525 g/mol. The summed E-state index contributed by atoms with van der Waals surface area (Å²) in [6.07, 6.45) is 7.67. The van der Waals surface area contributed by atoms with E-state index < -0.39 is 0 Å². The zero-order chi connectivity index (χ0) is 26.9. The molecule has 1 amide bonds. The normalized spacial score (nSPS) is 17.4. The van der Waals surface area contributed by atoms with Crippen molar-refractivity contribution in [3.63, 3.8) is 0 Å². The molecule has 9 nitrogen and oxygen atoms in total. The number of nitrogen functional groups attached to an aromatic ring is 1. The van der Waals surface area contributed by atoms with Crippen molar-refractivity contribution in [3.05, 3.63) is 72.3 Å². The van der Waals surface area contributed by atoms with E-state index in [0.29, 0.717) is 41.3 Å². The molecular formula is C30H32N6O3. The van der Waals surface area contributed by atoms with E-state index in [1.807, 2.05) is 18.3 Å². The number of aromatic nitrogens is 4. The maximum Gasteiger partial charge on any atom is 0.251 e. The number of nitrogens with two attached hydrogens (primary N) is 1. The van der Waals surface area contributed by atoms with Crippen LogP contribution < -0.4 is 20.5 Å². The van der Waals surface area contributed by atoms with E-state index in [1.54, 1.807) is 38.6 Å². The molecule has 0 unspecified atom stereocenters. The maximum absolute atomic E-state index is 12.8. The molecule has 2 aromatic carbocycles. The number of H-pyrrole nitrogens is 1. The fourth-order valence-corrected chi connectivity index (χ4v) is 5.67. The number of anilines is 1. The molecule has 0 spiro atoms. The number of hydrogen-bond acceptors (Lipinski definition) is 6. The molecule has 5 aromatic rings. The molecule has 0 aliphatic heterocycles. The number of ether oxygens (including phenoxy) is 2. The van der Waals surface area contributed by atoms with Gasteiger partial charge in [-0.3, -0.25) is 9.20 Å². The Morgan fingerprint density at radius 2 is 1.82 bits per heavy atom. The van der Waals surface area contributed by atoms with Gasteiger partial charge in [-0.2, -0.15) is 0 Å². The summed E-state index contributed by atoms with van der Waals surface area (Å²) in [5.41, 5.74) is 10.6. The fourth-order valence-electron chi connectivity index (χ4n) is 5.67. The highest BCUT2D eigenvalue weighted by Crippen LogP contribution is 2.38. The number of benzene rings is 2. The van der Waals surface area contributed by atoms with Crippen molar-refractivity contribution in [1.29, 1.82) is 0 Å². The Morgan fingerprint density at radius 3 is 2.54 bits per heavy atom. The van der Waals surface area contributed by atoms with Crippen molar-refractivity contribution >= 4 is 28.1 Å². The van der Waals surface area contributed by atoms with E-state index in [-0.39, 0.29) is 5.91 Å². The largest absolute Gasteiger partial charge is 0.497 e. The molecule has 1 aliphatic carbocycles. The van der Waals surface area contributed by atoms with Crippen LogP contribution >= 0.6 is 0 Å². The van der Waals surface area contributed by atoms with Crippen LogP contribution in [-0.2, 0) is 0 Å². The number of aromatic amines is 1. The zero-order valence-electron chi connectivity index (χ0n) is 22.1. The molecule has 1 aliphatic rings. The third-order valence-electron chi connectivity index (χ3n) is 7.77. The number of amides is 1. The number of hydrogen-bond donors (Lipinski definition) is 3. The van der Waals surface area contributed by atoms with Gasteiger partial charge in [0.25, 0.3) is 5.91 Å². The van der Waals surface area contributed by atoms with E-state index in [0.717, 1.165) is 59.3 Å². The fraction of sp³-hybridized carbons (Fsp3) is 0.300. The third-order valence-corrected chi connectivity index (χ3v) is 7.77. The second-order valence-electron chi connectivity index (χ2n) is 10.1. The molecular weight excluding hydrogens is 492 g/mol. The van der Waals surface area contributed by atoms with Crippen LogP contribution in [0.15, 0.2) is 60.9 Å². The molecule has 200 valence electrons. The SMILES string of the molecule is COc1cc(OC)cc(C(=O)NCC2CCC(c3nc(-c4cc5ccccc5[nH]4)c4c(N)nccn34)CC2)c1. The van der Waals surface area contributed by atoms with Crippen molar-refractivity contribution in [2.45, 2.75) is 31.6 Å². The average Bonchev–Trinajstić information content (AvgIpc) is 3.58. The Balaban J connectivity index is 1.17. The Kier molecular flexibility index (Phi) is 6.56. The smallest absolute Gasteiger partial charge is 0.251 e. The number of para-hydroxylation sites is 1. The molecule has 3 heterocycles. The lowest BCUT2D eigenvalue weighted by Gasteiger charge is -2.28. The summed E-state index contributed by atoms with van der Waals surface area (Å²) in [4.78, 5) is 25.8. The van der Waals surface area contributed by atoms with Gasteiger partial charge in [0.1, 0.15) is 34.4 Å². The number of rotatable bonds is 7. The van der Waals surface area contributed by atoms with Crippen LogP contribution in [0.4, 0.5) is 5.82 Å². The van der Waals surface area contributed by atoms with Crippen LogP contribution in [0.1, 0.15) is 47.8 Å². The first kappa shape index (κ1) is 24.8. The van der Waals surface area contributed by atoms with Gasteiger partial charge in [0, 0.05) is 47.4 Å². The lowest BCUT2D eigenvalue weighted by molar-refractivity contribution is 0.0942. The van der Waals surface area contributed by atoms with Crippen LogP contribution in [0.5, 0.6) is 11.5 Å². The van der Waals surface area contributed by atoms with Gasteiger partial charge in [-0.1, -0.05) is 18.2 Å². The van der Waals surface area contributed by atoms with Gasteiger partial charge < -0.3 is 25.5 Å². The van der Waals surface area contributed by atoms with Crippen molar-refractivity contribution in [2.75, 3.05) is 26.5 Å². The number of imidazole rings is 1. The highest BCUT2D eigenvalue weighted by Gasteiger charge is 2.28. The Hall–Kier alpha value is -4.53. The highest BCUT2D eigenvalue weighted by molar-refractivity contribution is 5.95. The summed E-state index contributed by atoms with van der Waals surface area (Å²) >= 11 is 0. The predicted octanol–water partition coefficient (Wildman–Crippen LogP) is 5.18. The van der Waals surface area contributed by atoms with Gasteiger partial charge in [-0.25, -0.2) is 9.97 Å². The van der Waals surface area contributed by atoms with Gasteiger partial charge in [0.2, 0.25) is 0 Å². The number of fused-ring (bicyclic) bond motifs is 2. The number of carbonyl (C=O) groups is 1. The first-order valence-electron chi connectivity index (χ1n) is 13.3. The molecule has 6 rings (SSSR count). The molecule has 39 heavy (non-hydrogen) atoms. The molecule has 0 bridgehead atoms. The summed E-state index contributed by atoms with van der Waals surface area (Å²) in [5, 5.41) is 4.23. The molecule has 9 heteroatoms. The quantitative estimate of drug-likeness (QED) is 0.270. The van der Waals surface area contributed by atoms with Crippen LogP contribution in [-0.4, -0.2) is 46.0 Å². The molecule has 0 radical (unpaired) electrons. The lowest BCUT2D eigenvalue weighted by Crippen LogP contribution is -2.31. The minimum Gasteiger partial charge on any atom is -0.497 e. The van der Waals surface area contributed by atoms with E-state index in [2.05, 4.69) is 37.9 Å². The van der Waals surface area contributed by atoms with E-state index in [1.165, 1.54) is 0 Å². The number of carbonyl (C=O) groups excluding carboxylic acids is 1. The van der Waals surface area contributed by atoms with Crippen LogP contribution in [0, 0.1) is 5.92 Å². The first-order chi connectivity index (χ1) is 19.0. The van der Waals surface area contributed by atoms with Gasteiger partial charge in [-0.15, -0.1) is 0 Å². The van der Waals surface area contributed by atoms with Crippen molar-refractivity contribution in [2.24, 2.45) is 5.92 Å². The molecule has 1 fully saturated rings. The van der Waals surface area contributed by atoms with Crippen molar-refractivity contribution in [3.8, 4) is 22.9 Å². The van der Waals surface area contributed by atoms with Gasteiger partial charge in [0.05, 0.1) is 19.9 Å². The van der Waals surface area contributed by atoms with Gasteiger partial charge in [-0.05, 0) is 55.9 Å². The molecule has 1 saturated carbocycles. The van der Waals surface area contributed by atoms with E-state index in [9.17, 15) is 4.79 Å². The van der Waals surface area contributed by atoms with Gasteiger partial charge >= 0.3 is 0 Å². The van der Waals surface area contributed by atoms with E-state index >= 15 is 0 Å². The Labute approximate surface area is 226 Å². The third kappa shape index (κ3) is 4.76. The summed E-state index contributed by atoms with van der Waals surface area (Å²) < 4.78 is 12.7. The van der Waals surface area contributed by atoms with Crippen LogP contribution in [0.2, 0.25) is 0 Å². The number of nitrogens with zero attached hydrogens (tertiary/aromatic N) is 3. The maximum atomic E-state index is 12.8. The summed E-state index contributed by atoms with van der Waals surface area (Å²) in [7, 11) is 3.15. The highest BCUT2D eigenvalue weighted by atomic mass is 16.5. The number of methoxy groups -OCH3 is 2. The second kappa shape index (κ2) is 10.3. The molecule has 4 N–H and O–H groups in total. The van der Waals surface area contributed by atoms with Crippen molar-refractivity contribution in [1.82, 2.24) is 24.7 Å². The van der Waals surface area contributed by atoms with Gasteiger partial charge in [0.15, 0.2) is 0 Å². The summed E-state index contributed by atoms with van der Waals surface area (Å²) in [5.74, 6) is 3.24. The molecule has 0 atom stereocenters. The Morgan fingerprint density at radius 1 is 1.08 bits per heavy atom. The van der Waals surface area contributed by atoms with Crippen molar-refractivity contribution < 1.29 is 14.3 Å². The monoisotopic (exact) mass is 524 g/mol. The summed E-state index contributed by atoms with van der Waals surface area (Å²) in [6, 6.07) is 15.5. The Bertz CT molecular complexity index is 1590. The lowest BCUT2D eigenvalue weighted by atomic mass is 9.81. The first-order valence-corrected chi connectivity index (χ1v) is 13.3. The zero-order valence-corrected chi connectivity index (χ0v) is 22.1. The molecule has 0 saturated heterocycles. The van der Waals surface area contributed by atoms with E-state index in [4.69, 9.17) is 20.2 Å². The topological polar surface area (TPSA) is 120 Å². The molecule has 3 aromatic heterocycles.